The lowest BCUT2D eigenvalue weighted by Crippen LogP contribution is -2.04. The minimum atomic E-state index is -0.917. The first-order chi connectivity index (χ1) is 9.52. The minimum absolute atomic E-state index is 0.0208. The van der Waals surface area contributed by atoms with E-state index in [1.807, 2.05) is 6.92 Å². The molecule has 0 unspecified atom stereocenters. The van der Waals surface area contributed by atoms with Gasteiger partial charge in [0.2, 0.25) is 0 Å². The molecule has 1 heterocycles. The Hall–Kier alpha value is -1.53. The van der Waals surface area contributed by atoms with Gasteiger partial charge in [0.1, 0.15) is 5.82 Å². The van der Waals surface area contributed by atoms with Crippen molar-refractivity contribution in [1.29, 1.82) is 0 Å². The first-order valence-corrected chi connectivity index (χ1v) is 7.26. The van der Waals surface area contributed by atoms with E-state index in [2.05, 4.69) is 4.98 Å². The molecule has 1 aromatic heterocycles. The van der Waals surface area contributed by atoms with Crippen LogP contribution in [0.3, 0.4) is 0 Å². The number of aliphatic carboxylic acids is 1. The molecule has 0 amide bonds. The van der Waals surface area contributed by atoms with E-state index in [4.69, 9.17) is 16.7 Å². The lowest BCUT2D eigenvalue weighted by atomic mass is 10.3. The molecule has 2 rings (SSSR count). The zero-order valence-electron chi connectivity index (χ0n) is 10.6. The third-order valence-corrected chi connectivity index (χ3v) is 3.88. The summed E-state index contributed by atoms with van der Waals surface area (Å²) in [6, 6.07) is 4.37. The van der Waals surface area contributed by atoms with Crippen LogP contribution in [0.1, 0.15) is 12.6 Å². The summed E-state index contributed by atoms with van der Waals surface area (Å²) in [4.78, 5) is 14.9. The molecule has 1 N–H and O–H groups in total. The number of hydrogen-bond acceptors (Lipinski definition) is 3. The number of carbonyl (C=O) groups is 1. The highest BCUT2D eigenvalue weighted by atomic mass is 35.5. The van der Waals surface area contributed by atoms with Gasteiger partial charge in [-0.1, -0.05) is 30.3 Å². The summed E-state index contributed by atoms with van der Waals surface area (Å²) in [7, 11) is 0. The fourth-order valence-corrected chi connectivity index (χ4v) is 2.65. The van der Waals surface area contributed by atoms with Gasteiger partial charge in [-0.05, 0) is 24.6 Å². The average Bonchev–Trinajstić information content (AvgIpc) is 2.82. The molecule has 106 valence electrons. The highest BCUT2D eigenvalue weighted by Gasteiger charge is 2.14. The highest BCUT2D eigenvalue weighted by Crippen LogP contribution is 2.26. The van der Waals surface area contributed by atoms with Crippen molar-refractivity contribution in [3.63, 3.8) is 0 Å². The molecular weight excluding hydrogens is 303 g/mol. The zero-order valence-corrected chi connectivity index (χ0v) is 12.2. The maximum absolute atomic E-state index is 13.2. The number of carboxylic acids is 1. The second kappa shape index (κ2) is 6.28. The van der Waals surface area contributed by atoms with Gasteiger partial charge < -0.3 is 5.11 Å². The van der Waals surface area contributed by atoms with E-state index >= 15 is 0 Å². The number of aromatic nitrogens is 2. The lowest BCUT2D eigenvalue weighted by Gasteiger charge is -2.11. The summed E-state index contributed by atoms with van der Waals surface area (Å²) < 4.78 is 15.0. The van der Waals surface area contributed by atoms with Crippen LogP contribution in [0, 0.1) is 5.82 Å². The largest absolute Gasteiger partial charge is 0.481 e. The number of rotatable bonds is 5. The molecule has 0 saturated heterocycles. The Morgan fingerprint density at radius 1 is 1.55 bits per heavy atom. The maximum Gasteiger partial charge on any atom is 0.313 e. The summed E-state index contributed by atoms with van der Waals surface area (Å²) in [6.07, 6.45) is 2.40. The average molecular weight is 315 g/mol. The number of benzene rings is 1. The van der Waals surface area contributed by atoms with Gasteiger partial charge in [0, 0.05) is 17.6 Å². The van der Waals surface area contributed by atoms with Crippen molar-refractivity contribution in [3.8, 4) is 5.69 Å². The van der Waals surface area contributed by atoms with Crippen molar-refractivity contribution in [2.24, 2.45) is 0 Å². The monoisotopic (exact) mass is 314 g/mol. The SMILES string of the molecule is CCc1cnc(SCC(=O)O)n1-c1ccc(F)c(Cl)c1. The topological polar surface area (TPSA) is 55.1 Å². The fraction of sp³-hybridized carbons (Fsp3) is 0.231. The summed E-state index contributed by atoms with van der Waals surface area (Å²) in [6.45, 7) is 1.96. The van der Waals surface area contributed by atoms with Crippen LogP contribution in [-0.2, 0) is 11.2 Å². The van der Waals surface area contributed by atoms with Crippen molar-refractivity contribution in [2.45, 2.75) is 18.5 Å². The van der Waals surface area contributed by atoms with Crippen LogP contribution in [0.25, 0.3) is 5.69 Å². The Morgan fingerprint density at radius 3 is 2.90 bits per heavy atom. The molecule has 0 saturated carbocycles. The van der Waals surface area contributed by atoms with Gasteiger partial charge >= 0.3 is 5.97 Å². The first-order valence-electron chi connectivity index (χ1n) is 5.89. The number of nitrogens with zero attached hydrogens (tertiary/aromatic N) is 2. The summed E-state index contributed by atoms with van der Waals surface area (Å²) >= 11 is 6.91. The zero-order chi connectivity index (χ0) is 14.7. The molecule has 0 spiro atoms. The Labute approximate surface area is 124 Å². The molecule has 1 aromatic carbocycles. The molecule has 4 nitrogen and oxygen atoms in total. The van der Waals surface area contributed by atoms with Crippen molar-refractivity contribution in [3.05, 3.63) is 40.9 Å². The standard InChI is InChI=1S/C13H12ClFN2O2S/c1-2-8-6-16-13(20-7-12(18)19)17(8)9-3-4-11(15)10(14)5-9/h3-6H,2,7H2,1H3,(H,18,19). The van der Waals surface area contributed by atoms with E-state index in [1.54, 1.807) is 16.8 Å². The Bertz CT molecular complexity index is 645. The summed E-state index contributed by atoms with van der Waals surface area (Å²) in [5.74, 6) is -1.50. The third kappa shape index (κ3) is 3.13. The molecular formula is C13H12ClFN2O2S. The molecule has 0 fully saturated rings. The predicted octanol–water partition coefficient (Wildman–Crippen LogP) is 3.40. The van der Waals surface area contributed by atoms with Crippen LogP contribution < -0.4 is 0 Å². The Morgan fingerprint density at radius 2 is 2.30 bits per heavy atom. The molecule has 0 atom stereocenters. The Kier molecular flexibility index (Phi) is 4.67. The van der Waals surface area contributed by atoms with Crippen molar-refractivity contribution < 1.29 is 14.3 Å². The Balaban J connectivity index is 2.44. The van der Waals surface area contributed by atoms with Gasteiger partial charge in [0.25, 0.3) is 0 Å². The highest BCUT2D eigenvalue weighted by molar-refractivity contribution is 7.99. The van der Waals surface area contributed by atoms with E-state index in [9.17, 15) is 9.18 Å². The molecule has 0 bridgehead atoms. The van der Waals surface area contributed by atoms with Crippen LogP contribution in [-0.4, -0.2) is 26.4 Å². The van der Waals surface area contributed by atoms with Crippen molar-refractivity contribution in [2.75, 3.05) is 5.75 Å². The van der Waals surface area contributed by atoms with Gasteiger partial charge in [0.15, 0.2) is 5.16 Å². The van der Waals surface area contributed by atoms with Gasteiger partial charge in [0.05, 0.1) is 10.8 Å². The predicted molar refractivity (Wildman–Crippen MR) is 76.3 cm³/mol. The normalized spacial score (nSPS) is 10.8. The van der Waals surface area contributed by atoms with Crippen molar-refractivity contribution in [1.82, 2.24) is 9.55 Å². The fourth-order valence-electron chi connectivity index (χ4n) is 1.75. The van der Waals surface area contributed by atoms with Gasteiger partial charge in [-0.2, -0.15) is 0 Å². The lowest BCUT2D eigenvalue weighted by molar-refractivity contribution is -0.133. The quantitative estimate of drug-likeness (QED) is 0.859. The van der Waals surface area contributed by atoms with Crippen LogP contribution in [0.4, 0.5) is 4.39 Å². The summed E-state index contributed by atoms with van der Waals surface area (Å²) in [5, 5.41) is 9.32. The van der Waals surface area contributed by atoms with E-state index in [0.717, 1.165) is 23.9 Å². The number of carboxylic acid groups (broad SMARTS) is 1. The molecule has 0 radical (unpaired) electrons. The molecule has 7 heteroatoms. The van der Waals surface area contributed by atoms with Crippen LogP contribution in [0.15, 0.2) is 29.6 Å². The van der Waals surface area contributed by atoms with Crippen LogP contribution in [0.5, 0.6) is 0 Å². The second-order valence-electron chi connectivity index (χ2n) is 4.00. The van der Waals surface area contributed by atoms with Crippen LogP contribution in [0.2, 0.25) is 5.02 Å². The van der Waals surface area contributed by atoms with Gasteiger partial charge in [-0.3, -0.25) is 9.36 Å². The molecule has 0 aliphatic carbocycles. The minimum Gasteiger partial charge on any atom is -0.481 e. The smallest absolute Gasteiger partial charge is 0.313 e. The molecule has 2 aromatic rings. The van der Waals surface area contributed by atoms with Crippen LogP contribution >= 0.6 is 23.4 Å². The number of hydrogen-bond donors (Lipinski definition) is 1. The third-order valence-electron chi connectivity index (χ3n) is 2.65. The molecule has 0 aliphatic rings. The second-order valence-corrected chi connectivity index (χ2v) is 5.35. The van der Waals surface area contributed by atoms with Crippen molar-refractivity contribution >= 4 is 29.3 Å². The maximum atomic E-state index is 13.2. The first kappa shape index (κ1) is 14.9. The molecule has 0 aliphatic heterocycles. The van der Waals surface area contributed by atoms with E-state index in [0.29, 0.717) is 10.8 Å². The van der Waals surface area contributed by atoms with E-state index < -0.39 is 11.8 Å². The van der Waals surface area contributed by atoms with E-state index in [-0.39, 0.29) is 10.8 Å². The molecule has 20 heavy (non-hydrogen) atoms. The number of aryl methyl sites for hydroxylation is 1. The number of imidazole rings is 1. The van der Waals surface area contributed by atoms with E-state index in [1.165, 1.54) is 12.1 Å². The number of thioether (sulfide) groups is 1. The van der Waals surface area contributed by atoms with Gasteiger partial charge in [-0.15, -0.1) is 0 Å². The number of halogens is 2. The van der Waals surface area contributed by atoms with Gasteiger partial charge in [-0.25, -0.2) is 9.37 Å². The summed E-state index contributed by atoms with van der Waals surface area (Å²) in [5.41, 5.74) is 1.57.